The molecule has 0 aromatic carbocycles. The molecule has 0 heterocycles. The molecule has 0 saturated heterocycles. The lowest BCUT2D eigenvalue weighted by Crippen LogP contribution is -2.35. The average molecular weight is 231 g/mol. The molecule has 0 spiro atoms. The van der Waals surface area contributed by atoms with Crippen LogP contribution in [0.4, 0.5) is 0 Å². The second kappa shape index (κ2) is 6.64. The highest BCUT2D eigenvalue weighted by Crippen LogP contribution is 2.30. The van der Waals surface area contributed by atoms with Gasteiger partial charge in [0.05, 0.1) is 0 Å². The summed E-state index contributed by atoms with van der Waals surface area (Å²) in [6, 6.07) is 0.130. The minimum absolute atomic E-state index is 0.130. The predicted octanol–water partition coefficient (Wildman–Crippen LogP) is 2.44. The van der Waals surface area contributed by atoms with Gasteiger partial charge in [0.1, 0.15) is 0 Å². The molecule has 2 N–H and O–H groups in total. The van der Waals surface area contributed by atoms with Crippen LogP contribution in [-0.4, -0.2) is 21.3 Å². The highest BCUT2D eigenvalue weighted by atomic mass is 32.2. The third-order valence-corrected chi connectivity index (χ3v) is 5.66. The Balaban J connectivity index is 2.48. The molecule has 90 valence electrons. The van der Waals surface area contributed by atoms with E-state index >= 15 is 0 Å². The summed E-state index contributed by atoms with van der Waals surface area (Å²) in [6.45, 7) is 4.29. The van der Waals surface area contributed by atoms with Gasteiger partial charge in [-0.25, -0.2) is 0 Å². The van der Waals surface area contributed by atoms with Crippen LogP contribution in [0.5, 0.6) is 0 Å². The average Bonchev–Trinajstić information content (AvgIpc) is 2.28. The standard InChI is InChI=1S/C12H25NOS/c1-3-10-7-5-6-8-12(10)15(14)9-11(13)4-2/h10-12H,3-9,13H2,1-2H3. The lowest BCUT2D eigenvalue weighted by molar-refractivity contribution is 0.355. The molecule has 15 heavy (non-hydrogen) atoms. The van der Waals surface area contributed by atoms with Crippen LogP contribution in [0.3, 0.4) is 0 Å². The molecule has 1 rings (SSSR count). The fourth-order valence-corrected chi connectivity index (χ4v) is 4.53. The topological polar surface area (TPSA) is 43.1 Å². The summed E-state index contributed by atoms with van der Waals surface area (Å²) in [5.74, 6) is 1.39. The Kier molecular flexibility index (Phi) is 5.83. The molecule has 0 aromatic rings. The Morgan fingerprint density at radius 1 is 1.33 bits per heavy atom. The van der Waals surface area contributed by atoms with E-state index in [-0.39, 0.29) is 6.04 Å². The van der Waals surface area contributed by atoms with Crippen molar-refractivity contribution in [3.05, 3.63) is 0 Å². The van der Waals surface area contributed by atoms with Crippen molar-refractivity contribution in [3.8, 4) is 0 Å². The van der Waals surface area contributed by atoms with Gasteiger partial charge in [0, 0.05) is 27.8 Å². The van der Waals surface area contributed by atoms with Crippen molar-refractivity contribution in [2.24, 2.45) is 11.7 Å². The summed E-state index contributed by atoms with van der Waals surface area (Å²) >= 11 is 0. The highest BCUT2D eigenvalue weighted by Gasteiger charge is 2.28. The summed E-state index contributed by atoms with van der Waals surface area (Å²) in [5.41, 5.74) is 5.87. The zero-order valence-electron chi connectivity index (χ0n) is 10.1. The molecule has 0 bridgehead atoms. The summed E-state index contributed by atoms with van der Waals surface area (Å²) in [7, 11) is -0.691. The van der Waals surface area contributed by atoms with Crippen molar-refractivity contribution < 1.29 is 4.21 Å². The quantitative estimate of drug-likeness (QED) is 0.790. The summed E-state index contributed by atoms with van der Waals surface area (Å²) in [6.07, 6.45) is 7.13. The molecule has 3 heteroatoms. The van der Waals surface area contributed by atoms with Crippen molar-refractivity contribution in [1.29, 1.82) is 0 Å². The van der Waals surface area contributed by atoms with E-state index in [0.29, 0.717) is 16.9 Å². The lowest BCUT2D eigenvalue weighted by Gasteiger charge is -2.30. The first-order chi connectivity index (χ1) is 7.19. The molecule has 4 atom stereocenters. The molecule has 2 nitrogen and oxygen atoms in total. The predicted molar refractivity (Wildman–Crippen MR) is 67.3 cm³/mol. The first kappa shape index (κ1) is 13.2. The molecular formula is C12H25NOS. The smallest absolute Gasteiger partial charge is 0.0389 e. The fraction of sp³-hybridized carbons (Fsp3) is 1.00. The van der Waals surface area contributed by atoms with Crippen molar-refractivity contribution in [1.82, 2.24) is 0 Å². The number of hydrogen-bond donors (Lipinski definition) is 1. The Hall–Kier alpha value is 0.110. The van der Waals surface area contributed by atoms with Gasteiger partial charge < -0.3 is 5.73 Å². The molecule has 1 saturated carbocycles. The lowest BCUT2D eigenvalue weighted by atomic mass is 9.87. The van der Waals surface area contributed by atoms with E-state index in [1.807, 2.05) is 0 Å². The van der Waals surface area contributed by atoms with Crippen LogP contribution in [0, 0.1) is 5.92 Å². The van der Waals surface area contributed by atoms with Gasteiger partial charge >= 0.3 is 0 Å². The zero-order valence-corrected chi connectivity index (χ0v) is 10.9. The van der Waals surface area contributed by atoms with Gasteiger partial charge in [0.15, 0.2) is 0 Å². The molecule has 4 unspecified atom stereocenters. The van der Waals surface area contributed by atoms with E-state index in [4.69, 9.17) is 5.73 Å². The minimum Gasteiger partial charge on any atom is -0.327 e. The third kappa shape index (κ3) is 3.87. The van der Waals surface area contributed by atoms with Crippen LogP contribution in [0.1, 0.15) is 52.4 Å². The summed E-state index contributed by atoms with van der Waals surface area (Å²) < 4.78 is 12.2. The van der Waals surface area contributed by atoms with Crippen LogP contribution in [0.25, 0.3) is 0 Å². The molecule has 1 aliphatic rings. The molecule has 0 aromatic heterocycles. The van der Waals surface area contributed by atoms with Crippen LogP contribution >= 0.6 is 0 Å². The molecular weight excluding hydrogens is 206 g/mol. The van der Waals surface area contributed by atoms with Gasteiger partial charge in [-0.15, -0.1) is 0 Å². The maximum Gasteiger partial charge on any atom is 0.0389 e. The van der Waals surface area contributed by atoms with E-state index in [0.717, 1.165) is 12.8 Å². The highest BCUT2D eigenvalue weighted by molar-refractivity contribution is 7.85. The fourth-order valence-electron chi connectivity index (χ4n) is 2.44. The number of rotatable bonds is 5. The Morgan fingerprint density at radius 3 is 2.60 bits per heavy atom. The SMILES string of the molecule is CCC(N)CS(=O)C1CCCCC1CC. The Morgan fingerprint density at radius 2 is 2.00 bits per heavy atom. The largest absolute Gasteiger partial charge is 0.327 e. The van der Waals surface area contributed by atoms with Crippen LogP contribution < -0.4 is 5.73 Å². The zero-order chi connectivity index (χ0) is 11.3. The summed E-state index contributed by atoms with van der Waals surface area (Å²) in [5, 5.41) is 0.432. The first-order valence-electron chi connectivity index (χ1n) is 6.31. The molecule has 0 radical (unpaired) electrons. The maximum absolute atomic E-state index is 12.2. The van der Waals surface area contributed by atoms with E-state index < -0.39 is 10.8 Å². The summed E-state index contributed by atoms with van der Waals surface area (Å²) in [4.78, 5) is 0. The first-order valence-corrected chi connectivity index (χ1v) is 7.70. The molecule has 1 fully saturated rings. The van der Waals surface area contributed by atoms with Crippen molar-refractivity contribution in [2.75, 3.05) is 5.75 Å². The second-order valence-electron chi connectivity index (χ2n) is 4.71. The second-order valence-corrected chi connectivity index (χ2v) is 6.41. The number of nitrogens with two attached hydrogens (primary N) is 1. The maximum atomic E-state index is 12.2. The molecule has 1 aliphatic carbocycles. The molecule has 0 aliphatic heterocycles. The van der Waals surface area contributed by atoms with Gasteiger partial charge in [-0.05, 0) is 25.2 Å². The normalized spacial score (nSPS) is 31.1. The Bertz CT molecular complexity index is 208. The van der Waals surface area contributed by atoms with Crippen molar-refractivity contribution in [3.63, 3.8) is 0 Å². The van der Waals surface area contributed by atoms with Gasteiger partial charge in [0.25, 0.3) is 0 Å². The van der Waals surface area contributed by atoms with E-state index in [1.54, 1.807) is 0 Å². The van der Waals surface area contributed by atoms with E-state index in [2.05, 4.69) is 13.8 Å². The minimum atomic E-state index is -0.691. The molecule has 0 amide bonds. The number of hydrogen-bond acceptors (Lipinski definition) is 2. The van der Waals surface area contributed by atoms with Gasteiger partial charge in [0.2, 0.25) is 0 Å². The van der Waals surface area contributed by atoms with Crippen molar-refractivity contribution >= 4 is 10.8 Å². The van der Waals surface area contributed by atoms with Gasteiger partial charge in [-0.1, -0.05) is 33.1 Å². The van der Waals surface area contributed by atoms with Crippen molar-refractivity contribution in [2.45, 2.75) is 63.7 Å². The van der Waals surface area contributed by atoms with E-state index in [9.17, 15) is 4.21 Å². The van der Waals surface area contributed by atoms with Gasteiger partial charge in [-0.2, -0.15) is 0 Å². The van der Waals surface area contributed by atoms with Gasteiger partial charge in [-0.3, -0.25) is 4.21 Å². The monoisotopic (exact) mass is 231 g/mol. The Labute approximate surface area is 96.5 Å². The van der Waals surface area contributed by atoms with Crippen LogP contribution in [0.15, 0.2) is 0 Å². The van der Waals surface area contributed by atoms with Crippen LogP contribution in [-0.2, 0) is 10.8 Å². The van der Waals surface area contributed by atoms with Crippen LogP contribution in [0.2, 0.25) is 0 Å². The third-order valence-electron chi connectivity index (χ3n) is 3.60. The van der Waals surface area contributed by atoms with E-state index in [1.165, 1.54) is 25.7 Å².